The molecule has 0 aromatic carbocycles. The fourth-order valence-electron chi connectivity index (χ4n) is 1.97. The SMILES string of the molecule is CCC(CNC(=O)CCN1C(=O)NC(C)(C)C1=O)C(=O)O. The second kappa shape index (κ2) is 6.55. The Labute approximate surface area is 122 Å². The van der Waals surface area contributed by atoms with Gasteiger partial charge in [0.25, 0.3) is 5.91 Å². The maximum atomic E-state index is 11.9. The van der Waals surface area contributed by atoms with E-state index in [4.69, 9.17) is 5.11 Å². The topological polar surface area (TPSA) is 116 Å². The number of nitrogens with one attached hydrogen (secondary N) is 2. The van der Waals surface area contributed by atoms with Crippen LogP contribution in [0.15, 0.2) is 0 Å². The zero-order valence-corrected chi connectivity index (χ0v) is 12.4. The van der Waals surface area contributed by atoms with Crippen molar-refractivity contribution < 1.29 is 24.3 Å². The van der Waals surface area contributed by atoms with E-state index in [1.54, 1.807) is 20.8 Å². The van der Waals surface area contributed by atoms with Crippen molar-refractivity contribution in [2.75, 3.05) is 13.1 Å². The molecule has 21 heavy (non-hydrogen) atoms. The zero-order valence-electron chi connectivity index (χ0n) is 12.4. The third-order valence-electron chi connectivity index (χ3n) is 3.39. The number of hydrogen-bond donors (Lipinski definition) is 3. The Bertz CT molecular complexity index is 461. The number of urea groups is 1. The first-order valence-corrected chi connectivity index (χ1v) is 6.82. The molecule has 1 aliphatic heterocycles. The van der Waals surface area contributed by atoms with Gasteiger partial charge in [-0.15, -0.1) is 0 Å². The summed E-state index contributed by atoms with van der Waals surface area (Å²) in [6.07, 6.45) is 0.363. The second-order valence-electron chi connectivity index (χ2n) is 5.51. The molecule has 1 saturated heterocycles. The first kappa shape index (κ1) is 16.9. The number of carbonyl (C=O) groups excluding carboxylic acids is 3. The lowest BCUT2D eigenvalue weighted by Gasteiger charge is -2.16. The molecular weight excluding hydrogens is 278 g/mol. The summed E-state index contributed by atoms with van der Waals surface area (Å²) < 4.78 is 0. The standard InChI is InChI=1S/C13H21N3O5/c1-4-8(10(18)19)7-14-9(17)5-6-16-11(20)13(2,3)15-12(16)21/h8H,4-7H2,1-3H3,(H,14,17)(H,15,21)(H,18,19). The molecular formula is C13H21N3O5. The van der Waals surface area contributed by atoms with Gasteiger partial charge < -0.3 is 15.7 Å². The maximum absolute atomic E-state index is 11.9. The molecule has 0 bridgehead atoms. The van der Waals surface area contributed by atoms with Crippen LogP contribution in [-0.2, 0) is 14.4 Å². The van der Waals surface area contributed by atoms with Crippen molar-refractivity contribution >= 4 is 23.8 Å². The van der Waals surface area contributed by atoms with Crippen LogP contribution in [0.4, 0.5) is 4.79 Å². The van der Waals surface area contributed by atoms with E-state index in [0.717, 1.165) is 4.90 Å². The van der Waals surface area contributed by atoms with Crippen LogP contribution in [0, 0.1) is 5.92 Å². The summed E-state index contributed by atoms with van der Waals surface area (Å²) in [6.45, 7) is 4.92. The summed E-state index contributed by atoms with van der Waals surface area (Å²) in [5, 5.41) is 13.9. The minimum atomic E-state index is -0.964. The largest absolute Gasteiger partial charge is 0.481 e. The number of carbonyl (C=O) groups is 4. The van der Waals surface area contributed by atoms with Gasteiger partial charge in [0.1, 0.15) is 5.54 Å². The van der Waals surface area contributed by atoms with Crippen LogP contribution in [0.3, 0.4) is 0 Å². The molecule has 8 heteroatoms. The third-order valence-corrected chi connectivity index (χ3v) is 3.39. The number of carboxylic acid groups (broad SMARTS) is 1. The van der Waals surface area contributed by atoms with E-state index in [1.165, 1.54) is 0 Å². The lowest BCUT2D eigenvalue weighted by molar-refractivity contribution is -0.141. The Morgan fingerprint density at radius 1 is 1.38 bits per heavy atom. The van der Waals surface area contributed by atoms with Crippen LogP contribution >= 0.6 is 0 Å². The van der Waals surface area contributed by atoms with Gasteiger partial charge in [-0.25, -0.2) is 4.79 Å². The first-order chi connectivity index (χ1) is 9.69. The summed E-state index contributed by atoms with van der Waals surface area (Å²) >= 11 is 0. The van der Waals surface area contributed by atoms with Crippen LogP contribution in [0.2, 0.25) is 0 Å². The Kier molecular flexibility index (Phi) is 5.28. The monoisotopic (exact) mass is 299 g/mol. The quantitative estimate of drug-likeness (QED) is 0.569. The Morgan fingerprint density at radius 2 is 2.00 bits per heavy atom. The van der Waals surface area contributed by atoms with E-state index in [-0.39, 0.29) is 31.3 Å². The summed E-state index contributed by atoms with van der Waals surface area (Å²) in [6, 6.07) is -0.519. The number of hydrogen-bond acceptors (Lipinski definition) is 4. The van der Waals surface area contributed by atoms with Gasteiger partial charge in [-0.2, -0.15) is 0 Å². The highest BCUT2D eigenvalue weighted by atomic mass is 16.4. The van der Waals surface area contributed by atoms with E-state index in [0.29, 0.717) is 6.42 Å². The van der Waals surface area contributed by atoms with Gasteiger partial charge in [0.15, 0.2) is 0 Å². The molecule has 1 rings (SSSR count). The molecule has 1 heterocycles. The molecule has 0 spiro atoms. The highest BCUT2D eigenvalue weighted by Crippen LogP contribution is 2.16. The van der Waals surface area contributed by atoms with Crippen LogP contribution in [0.25, 0.3) is 0 Å². The number of aliphatic carboxylic acids is 1. The molecule has 0 saturated carbocycles. The number of nitrogens with zero attached hydrogens (tertiary/aromatic N) is 1. The molecule has 1 unspecified atom stereocenters. The van der Waals surface area contributed by atoms with Crippen molar-refractivity contribution in [2.24, 2.45) is 5.92 Å². The number of carboxylic acids is 1. The minimum absolute atomic E-state index is 0.0240. The normalized spacial score (nSPS) is 18.3. The van der Waals surface area contributed by atoms with Gasteiger partial charge in [0, 0.05) is 19.5 Å². The van der Waals surface area contributed by atoms with E-state index >= 15 is 0 Å². The Hall–Kier alpha value is -2.12. The van der Waals surface area contributed by atoms with E-state index in [2.05, 4.69) is 10.6 Å². The minimum Gasteiger partial charge on any atom is -0.481 e. The van der Waals surface area contributed by atoms with Gasteiger partial charge in [-0.3, -0.25) is 19.3 Å². The summed E-state index contributed by atoms with van der Waals surface area (Å²) in [5.41, 5.74) is -0.954. The fraction of sp³-hybridized carbons (Fsp3) is 0.692. The predicted octanol–water partition coefficient (Wildman–Crippen LogP) is -0.0661. The van der Waals surface area contributed by atoms with Crippen LogP contribution in [-0.4, -0.2) is 52.4 Å². The van der Waals surface area contributed by atoms with Crippen molar-refractivity contribution in [3.05, 3.63) is 0 Å². The van der Waals surface area contributed by atoms with Gasteiger partial charge in [-0.05, 0) is 20.3 Å². The van der Waals surface area contributed by atoms with Crippen LogP contribution in [0.5, 0.6) is 0 Å². The van der Waals surface area contributed by atoms with Crippen molar-refractivity contribution in [2.45, 2.75) is 39.2 Å². The lowest BCUT2D eigenvalue weighted by Crippen LogP contribution is -2.41. The molecule has 1 atom stereocenters. The van der Waals surface area contributed by atoms with Crippen LogP contribution < -0.4 is 10.6 Å². The highest BCUT2D eigenvalue weighted by molar-refractivity contribution is 6.06. The molecule has 1 aliphatic rings. The predicted molar refractivity (Wildman–Crippen MR) is 73.4 cm³/mol. The number of imide groups is 1. The van der Waals surface area contributed by atoms with Gasteiger partial charge >= 0.3 is 12.0 Å². The molecule has 1 fully saturated rings. The third kappa shape index (κ3) is 4.17. The average Bonchev–Trinajstić information content (AvgIpc) is 2.57. The molecule has 0 aliphatic carbocycles. The molecule has 118 valence electrons. The maximum Gasteiger partial charge on any atom is 0.325 e. The molecule has 4 amide bonds. The van der Waals surface area contributed by atoms with E-state index < -0.39 is 23.5 Å². The van der Waals surface area contributed by atoms with Crippen molar-refractivity contribution in [1.29, 1.82) is 0 Å². The van der Waals surface area contributed by atoms with E-state index in [9.17, 15) is 19.2 Å². The van der Waals surface area contributed by atoms with Gasteiger partial charge in [0.05, 0.1) is 5.92 Å². The number of amides is 4. The van der Waals surface area contributed by atoms with Crippen molar-refractivity contribution in [1.82, 2.24) is 15.5 Å². The zero-order chi connectivity index (χ0) is 16.2. The molecule has 8 nitrogen and oxygen atoms in total. The smallest absolute Gasteiger partial charge is 0.325 e. The van der Waals surface area contributed by atoms with Crippen molar-refractivity contribution in [3.63, 3.8) is 0 Å². The molecule has 3 N–H and O–H groups in total. The molecule has 0 radical (unpaired) electrons. The van der Waals surface area contributed by atoms with Gasteiger partial charge in [-0.1, -0.05) is 6.92 Å². The first-order valence-electron chi connectivity index (χ1n) is 6.82. The number of rotatable bonds is 7. The molecule has 0 aromatic heterocycles. The second-order valence-corrected chi connectivity index (χ2v) is 5.51. The Balaban J connectivity index is 2.42. The lowest BCUT2D eigenvalue weighted by atomic mass is 10.1. The highest BCUT2D eigenvalue weighted by Gasteiger charge is 2.43. The van der Waals surface area contributed by atoms with Crippen molar-refractivity contribution in [3.8, 4) is 0 Å². The van der Waals surface area contributed by atoms with E-state index in [1.807, 2.05) is 0 Å². The fourth-order valence-corrected chi connectivity index (χ4v) is 1.97. The van der Waals surface area contributed by atoms with Gasteiger partial charge in [0.2, 0.25) is 5.91 Å². The van der Waals surface area contributed by atoms with Crippen LogP contribution in [0.1, 0.15) is 33.6 Å². The molecule has 0 aromatic rings. The summed E-state index contributed by atoms with van der Waals surface area (Å²) in [5.74, 6) is -2.37. The summed E-state index contributed by atoms with van der Waals surface area (Å²) in [4.78, 5) is 46.9. The average molecular weight is 299 g/mol. The Morgan fingerprint density at radius 3 is 2.43 bits per heavy atom. The summed E-state index contributed by atoms with van der Waals surface area (Å²) in [7, 11) is 0.